The Bertz CT molecular complexity index is 2250. The number of amides is 5. The third kappa shape index (κ3) is 25.9. The fourth-order valence-electron chi connectivity index (χ4n) is 8.61. The molecular formula is C52H71IN4O21. The van der Waals surface area contributed by atoms with Gasteiger partial charge in [-0.1, -0.05) is 12.5 Å². The Morgan fingerprint density at radius 1 is 0.603 bits per heavy atom. The van der Waals surface area contributed by atoms with Crippen LogP contribution in [0.25, 0.3) is 0 Å². The predicted molar refractivity (Wildman–Crippen MR) is 278 cm³/mol. The van der Waals surface area contributed by atoms with Crippen LogP contribution in [0.15, 0.2) is 24.3 Å². The van der Waals surface area contributed by atoms with Crippen molar-refractivity contribution in [3.63, 3.8) is 0 Å². The highest BCUT2D eigenvalue weighted by atomic mass is 127. The molecule has 1 aliphatic heterocycles. The van der Waals surface area contributed by atoms with Crippen molar-refractivity contribution in [1.82, 2.24) is 21.0 Å². The van der Waals surface area contributed by atoms with Gasteiger partial charge in [0, 0.05) is 91.9 Å². The van der Waals surface area contributed by atoms with Crippen molar-refractivity contribution >= 4 is 99.3 Å². The molecule has 1 saturated heterocycles. The van der Waals surface area contributed by atoms with Crippen LogP contribution >= 0.6 is 22.6 Å². The summed E-state index contributed by atoms with van der Waals surface area (Å²) >= 11 is 2.07. The van der Waals surface area contributed by atoms with E-state index in [-0.39, 0.29) is 89.3 Å². The predicted octanol–water partition coefficient (Wildman–Crippen LogP) is 3.19. The maximum absolute atomic E-state index is 13.7. The molecule has 5 amide bonds. The fraction of sp³-hybridized carbons (Fsp3) is 0.635. The van der Waals surface area contributed by atoms with Crippen LogP contribution < -0.4 is 16.0 Å². The quantitative estimate of drug-likeness (QED) is 0.0281. The number of carboxylic acid groups (broad SMARTS) is 4. The number of hydrogen-bond acceptors (Lipinski definition) is 17. The zero-order chi connectivity index (χ0) is 57.6. The van der Waals surface area contributed by atoms with E-state index < -0.39 is 146 Å². The van der Waals surface area contributed by atoms with Crippen molar-refractivity contribution in [2.45, 2.75) is 141 Å². The van der Waals surface area contributed by atoms with Gasteiger partial charge in [-0.15, -0.1) is 5.06 Å². The third-order valence-electron chi connectivity index (χ3n) is 13.0. The lowest BCUT2D eigenvalue weighted by molar-refractivity contribution is -0.201. The summed E-state index contributed by atoms with van der Waals surface area (Å²) in [7, 11) is 0. The highest BCUT2D eigenvalue weighted by molar-refractivity contribution is 14.1. The first-order valence-electron chi connectivity index (χ1n) is 26.1. The number of aliphatic carboxylic acids is 4. The number of imide groups is 1. The average molecular weight is 1220 g/mol. The largest absolute Gasteiger partial charge is 0.481 e. The Kier molecular flexibility index (Phi) is 30.5. The molecule has 3 rings (SSSR count). The van der Waals surface area contributed by atoms with Gasteiger partial charge in [-0.05, 0) is 105 Å². The summed E-state index contributed by atoms with van der Waals surface area (Å²) < 4.78 is 17.3. The second-order valence-corrected chi connectivity index (χ2v) is 20.3. The first-order chi connectivity index (χ1) is 37.1. The fourth-order valence-corrected chi connectivity index (χ4v) is 9.15. The molecule has 7 N–H and O–H groups in total. The van der Waals surface area contributed by atoms with E-state index in [4.69, 9.17) is 19.0 Å². The summed E-state index contributed by atoms with van der Waals surface area (Å²) in [5.41, 5.74) is 0.447. The number of benzene rings is 1. The second-order valence-electron chi connectivity index (χ2n) is 19.0. The van der Waals surface area contributed by atoms with Gasteiger partial charge in [0.05, 0.1) is 57.0 Å². The normalized spacial score (nSPS) is 16.8. The Morgan fingerprint density at radius 2 is 1.14 bits per heavy atom. The molecule has 0 aromatic heterocycles. The number of rotatable bonds is 41. The van der Waals surface area contributed by atoms with Gasteiger partial charge in [0.1, 0.15) is 5.78 Å². The molecule has 1 aromatic rings. The average Bonchev–Trinajstić information content (AvgIpc) is 3.72. The van der Waals surface area contributed by atoms with Crippen LogP contribution in [-0.4, -0.2) is 160 Å². The molecule has 0 bridgehead atoms. The molecule has 1 heterocycles. The zero-order valence-electron chi connectivity index (χ0n) is 43.4. The number of carboxylic acids is 4. The highest BCUT2D eigenvalue weighted by Crippen LogP contribution is 2.32. The lowest BCUT2D eigenvalue weighted by atomic mass is 9.79. The van der Waals surface area contributed by atoms with E-state index in [0.717, 1.165) is 3.57 Å². The van der Waals surface area contributed by atoms with Gasteiger partial charge in [-0.3, -0.25) is 57.5 Å². The summed E-state index contributed by atoms with van der Waals surface area (Å²) in [5, 5.41) is 46.2. The van der Waals surface area contributed by atoms with E-state index in [0.29, 0.717) is 62.2 Å². The SMILES string of the molecule is O=C(O)CC[C@@H](CC(=O)[C@@H](CCC(=O)O)NC(=O)CCOCCOCCOCCCC(=O)C1CCC(C(=O)ON2C(=O)CCC2=O)CC1)C(=O)N[C@H](CCC(=O)O)C(=O)C[C@H](CCCCNC(=O)c1cccc(I)c1)C(=O)O. The molecule has 2 aliphatic rings. The van der Waals surface area contributed by atoms with E-state index in [2.05, 4.69) is 38.5 Å². The van der Waals surface area contributed by atoms with Crippen molar-refractivity contribution < 1.29 is 102 Å². The lowest BCUT2D eigenvalue weighted by Gasteiger charge is -2.27. The number of hydrogen-bond donors (Lipinski definition) is 7. The molecule has 1 aliphatic carbocycles. The van der Waals surface area contributed by atoms with Crippen molar-refractivity contribution in [2.75, 3.05) is 46.2 Å². The molecule has 0 spiro atoms. The summed E-state index contributed by atoms with van der Waals surface area (Å²) in [6.07, 6.45) is -1.47. The first kappa shape index (κ1) is 66.0. The van der Waals surface area contributed by atoms with Crippen molar-refractivity contribution in [2.24, 2.45) is 23.7 Å². The van der Waals surface area contributed by atoms with E-state index in [1.807, 2.05) is 6.07 Å². The molecule has 26 heteroatoms. The number of Topliss-reactive ketones (excluding diaryl/α,β-unsaturated/α-hetero) is 3. The van der Waals surface area contributed by atoms with Crippen LogP contribution in [-0.2, 0) is 76.6 Å². The summed E-state index contributed by atoms with van der Waals surface area (Å²) in [5.74, 6) is -14.1. The molecule has 1 aromatic carbocycles. The number of ether oxygens (including phenoxy) is 3. The van der Waals surface area contributed by atoms with E-state index in [9.17, 15) is 82.8 Å². The zero-order valence-corrected chi connectivity index (χ0v) is 45.6. The van der Waals surface area contributed by atoms with Gasteiger partial charge < -0.3 is 55.4 Å². The Labute approximate surface area is 464 Å². The van der Waals surface area contributed by atoms with Crippen molar-refractivity contribution in [3.05, 3.63) is 33.4 Å². The molecule has 25 nitrogen and oxygen atoms in total. The Morgan fingerprint density at radius 3 is 1.72 bits per heavy atom. The van der Waals surface area contributed by atoms with Crippen LogP contribution in [0.3, 0.4) is 0 Å². The second kappa shape index (κ2) is 36.0. The van der Waals surface area contributed by atoms with Crippen LogP contribution in [0.1, 0.15) is 139 Å². The summed E-state index contributed by atoms with van der Waals surface area (Å²) in [4.78, 5) is 167. The molecule has 78 heavy (non-hydrogen) atoms. The number of halogens is 1. The van der Waals surface area contributed by atoms with Gasteiger partial charge in [0.15, 0.2) is 11.6 Å². The van der Waals surface area contributed by atoms with Crippen LogP contribution in [0.2, 0.25) is 0 Å². The van der Waals surface area contributed by atoms with Gasteiger partial charge in [-0.2, -0.15) is 0 Å². The number of nitrogens with zero attached hydrogens (tertiary/aromatic N) is 1. The topological polar surface area (TPSA) is 379 Å². The van der Waals surface area contributed by atoms with Gasteiger partial charge in [-0.25, -0.2) is 4.79 Å². The standard InChI is InChI=1S/C52H71IN4O21/c53-37-7-3-6-34(29-37)49(70)54-22-2-1-5-36(51(72)73)31-42(60)39(15-20-48(68)69)56-50(71)35(13-18-46(64)65)30-41(59)38(14-19-47(66)67)55-43(61)21-24-76-26-28-77-27-25-75-23-4-8-40(58)32-9-11-33(12-10-32)52(74)78-57-44(62)16-17-45(57)63/h3,6-7,29,32-33,35-36,38-39H,1-2,4-5,8-28,30-31H2,(H,54,70)(H,55,61)(H,56,71)(H,64,65)(H,66,67)(H,68,69)(H,72,73)/t32?,33?,35-,36-,38+,39+/m0/s1. The summed E-state index contributed by atoms with van der Waals surface area (Å²) in [6, 6.07) is 3.91. The minimum Gasteiger partial charge on any atom is -0.481 e. The molecule has 0 unspecified atom stereocenters. The van der Waals surface area contributed by atoms with E-state index in [1.54, 1.807) is 18.2 Å². The van der Waals surface area contributed by atoms with E-state index >= 15 is 0 Å². The van der Waals surface area contributed by atoms with Crippen LogP contribution in [0, 0.1) is 27.2 Å². The lowest BCUT2D eigenvalue weighted by Crippen LogP contribution is -2.47. The van der Waals surface area contributed by atoms with Gasteiger partial charge in [0.25, 0.3) is 17.7 Å². The maximum Gasteiger partial charge on any atom is 0.336 e. The maximum atomic E-state index is 13.7. The molecule has 432 valence electrons. The minimum atomic E-state index is -1.54. The minimum absolute atomic E-state index is 0.00145. The van der Waals surface area contributed by atoms with Crippen molar-refractivity contribution in [3.8, 4) is 0 Å². The summed E-state index contributed by atoms with van der Waals surface area (Å²) in [6.45, 7) is 1.03. The molecule has 1 saturated carbocycles. The molecule has 4 atom stereocenters. The number of unbranched alkanes of at least 4 members (excludes halogenated alkanes) is 1. The molecular weight excluding hydrogens is 1140 g/mol. The van der Waals surface area contributed by atoms with Crippen LogP contribution in [0.4, 0.5) is 0 Å². The number of carbonyl (C=O) groups is 13. The third-order valence-corrected chi connectivity index (χ3v) is 13.7. The molecule has 2 fully saturated rings. The number of carbonyl (C=O) groups excluding carboxylic acids is 9. The first-order valence-corrected chi connectivity index (χ1v) is 27.1. The number of hydroxylamine groups is 2. The van der Waals surface area contributed by atoms with Crippen molar-refractivity contribution in [1.29, 1.82) is 0 Å². The monoisotopic (exact) mass is 1210 g/mol. The smallest absolute Gasteiger partial charge is 0.336 e. The highest BCUT2D eigenvalue weighted by Gasteiger charge is 2.37. The van der Waals surface area contributed by atoms with E-state index in [1.165, 1.54) is 0 Å². The van der Waals surface area contributed by atoms with Crippen LogP contribution in [0.5, 0.6) is 0 Å². The Hall–Kier alpha value is -6.26. The number of ketones is 3. The Balaban J connectivity index is 1.40. The molecule has 0 radical (unpaired) electrons. The van der Waals surface area contributed by atoms with Gasteiger partial charge in [0.2, 0.25) is 11.8 Å². The van der Waals surface area contributed by atoms with Gasteiger partial charge >= 0.3 is 29.8 Å². The number of nitrogens with one attached hydrogen (secondary N) is 3.